The highest BCUT2D eigenvalue weighted by Crippen LogP contribution is 2.59. The normalized spacial score (nSPS) is 32.1. The Morgan fingerprint density at radius 3 is 2.09 bits per heavy atom. The number of thioether (sulfide) groups is 1. The van der Waals surface area contributed by atoms with Crippen LogP contribution in [0.5, 0.6) is 5.75 Å². The summed E-state index contributed by atoms with van der Waals surface area (Å²) in [6.07, 6.45) is -0.322. The molecule has 3 aliphatic heterocycles. The van der Waals surface area contributed by atoms with Crippen molar-refractivity contribution in [2.75, 3.05) is 0 Å². The molecular formula is C34H26NO9S3-. The molecule has 3 heterocycles. The molecule has 0 amide bonds. The van der Waals surface area contributed by atoms with E-state index < -0.39 is 76.7 Å². The molecule has 240 valence electrons. The van der Waals surface area contributed by atoms with Gasteiger partial charge >= 0.3 is 11.9 Å². The lowest BCUT2D eigenvalue weighted by Gasteiger charge is -2.45. The fourth-order valence-electron chi connectivity index (χ4n) is 8.69. The smallest absolute Gasteiger partial charge is 0.317 e. The summed E-state index contributed by atoms with van der Waals surface area (Å²) in [5.41, 5.74) is 4.60. The summed E-state index contributed by atoms with van der Waals surface area (Å²) in [6, 6.07) is 24.0. The highest BCUT2D eigenvalue weighted by atomic mass is 32.2. The molecule has 4 aromatic rings. The molecule has 0 spiro atoms. The number of esters is 2. The molecule has 10 rings (SSSR count). The average Bonchev–Trinajstić information content (AvgIpc) is 3.67. The maximum absolute atomic E-state index is 14.1. The van der Waals surface area contributed by atoms with E-state index in [1.54, 1.807) is 12.1 Å². The summed E-state index contributed by atoms with van der Waals surface area (Å²) in [6.45, 7) is 0. The average molecular weight is 689 g/mol. The summed E-state index contributed by atoms with van der Waals surface area (Å²) in [7, 11) is -8.77. The summed E-state index contributed by atoms with van der Waals surface area (Å²) >= 11 is 1.32. The maximum Gasteiger partial charge on any atom is 0.317 e. The lowest BCUT2D eigenvalue weighted by atomic mass is 9.59. The van der Waals surface area contributed by atoms with Crippen molar-refractivity contribution in [2.45, 2.75) is 51.0 Å². The Morgan fingerprint density at radius 2 is 1.43 bits per heavy atom. The van der Waals surface area contributed by atoms with Gasteiger partial charge in [0.2, 0.25) is 10.0 Å². The van der Waals surface area contributed by atoms with Crippen molar-refractivity contribution in [1.29, 1.82) is 0 Å². The van der Waals surface area contributed by atoms with Gasteiger partial charge in [-0.3, -0.25) is 9.59 Å². The van der Waals surface area contributed by atoms with Gasteiger partial charge in [-0.1, -0.05) is 72.8 Å². The fourth-order valence-corrected chi connectivity index (χ4v) is 14.1. The fraction of sp³-hybridized carbons (Fsp3) is 0.294. The molecular weight excluding hydrogens is 663 g/mol. The number of carbonyl (C=O) groups excluding carboxylic acids is 2. The van der Waals surface area contributed by atoms with E-state index >= 15 is 0 Å². The minimum Gasteiger partial charge on any atom is -0.744 e. The van der Waals surface area contributed by atoms with Crippen molar-refractivity contribution in [1.82, 2.24) is 4.72 Å². The molecule has 0 saturated carbocycles. The SMILES string of the molecule is O=C(OC1C2NS(=O)(=O)C3C2SC1C3C(=O)Oc1ccc(S(=O)(=O)[O-])c2ccccc12)C1CC2c3ccccc3C1c1ccccc12. The first-order valence-electron chi connectivity index (χ1n) is 15.3. The lowest BCUT2D eigenvalue weighted by molar-refractivity contribution is -0.159. The van der Waals surface area contributed by atoms with E-state index in [-0.39, 0.29) is 28.4 Å². The molecule has 7 unspecified atom stereocenters. The molecule has 4 aromatic carbocycles. The first-order valence-corrected chi connectivity index (χ1v) is 19.2. The first kappa shape index (κ1) is 29.4. The topological polar surface area (TPSA) is 156 Å². The summed E-state index contributed by atoms with van der Waals surface area (Å²) in [4.78, 5) is 27.5. The highest BCUT2D eigenvalue weighted by Gasteiger charge is 2.72. The van der Waals surface area contributed by atoms with Gasteiger partial charge in [0.25, 0.3) is 0 Å². The molecule has 1 N–H and O–H groups in total. The van der Waals surface area contributed by atoms with Crippen LogP contribution < -0.4 is 9.46 Å². The molecule has 3 fully saturated rings. The van der Waals surface area contributed by atoms with Crippen molar-refractivity contribution in [2.24, 2.45) is 11.8 Å². The van der Waals surface area contributed by atoms with Crippen LogP contribution in [0.3, 0.4) is 0 Å². The van der Waals surface area contributed by atoms with Gasteiger partial charge in [0, 0.05) is 27.9 Å². The van der Waals surface area contributed by atoms with Gasteiger partial charge in [0.15, 0.2) is 0 Å². The van der Waals surface area contributed by atoms with E-state index in [2.05, 4.69) is 29.0 Å². The Balaban J connectivity index is 1.03. The zero-order chi connectivity index (χ0) is 32.4. The number of nitrogens with one attached hydrogen (secondary N) is 1. The van der Waals surface area contributed by atoms with Gasteiger partial charge in [-0.2, -0.15) is 0 Å². The van der Waals surface area contributed by atoms with Gasteiger partial charge < -0.3 is 14.0 Å². The quantitative estimate of drug-likeness (QED) is 0.187. The van der Waals surface area contributed by atoms with Crippen LogP contribution in [0.4, 0.5) is 0 Å². The van der Waals surface area contributed by atoms with Crippen LogP contribution in [-0.2, 0) is 34.5 Å². The zero-order valence-corrected chi connectivity index (χ0v) is 26.8. The Morgan fingerprint density at radius 1 is 0.809 bits per heavy atom. The third-order valence-corrected chi connectivity index (χ3v) is 15.2. The van der Waals surface area contributed by atoms with Gasteiger partial charge in [-0.15, -0.1) is 11.8 Å². The van der Waals surface area contributed by atoms with Crippen molar-refractivity contribution >= 4 is 54.6 Å². The van der Waals surface area contributed by atoms with Crippen LogP contribution in [0, 0.1) is 11.8 Å². The zero-order valence-electron chi connectivity index (χ0n) is 24.4. The number of rotatable bonds is 5. The maximum atomic E-state index is 14.1. The Bertz CT molecular complexity index is 2210. The van der Waals surface area contributed by atoms with E-state index in [0.29, 0.717) is 6.42 Å². The highest BCUT2D eigenvalue weighted by molar-refractivity contribution is 8.03. The number of benzene rings is 4. The molecule has 0 aromatic heterocycles. The summed E-state index contributed by atoms with van der Waals surface area (Å²) < 4.78 is 77.0. The number of carbonyl (C=O) groups is 2. The van der Waals surface area contributed by atoms with Crippen molar-refractivity contribution in [3.63, 3.8) is 0 Å². The molecule has 6 aliphatic rings. The number of ether oxygens (including phenoxy) is 2. The van der Waals surface area contributed by atoms with Crippen molar-refractivity contribution < 1.29 is 40.5 Å². The second-order valence-corrected chi connectivity index (χ2v) is 17.3. The predicted octanol–water partition coefficient (Wildman–Crippen LogP) is 3.64. The predicted molar refractivity (Wildman–Crippen MR) is 170 cm³/mol. The molecule has 13 heteroatoms. The lowest BCUT2D eigenvalue weighted by Crippen LogP contribution is -2.52. The monoisotopic (exact) mass is 688 g/mol. The van der Waals surface area contributed by atoms with Crippen molar-refractivity contribution in [3.8, 4) is 5.75 Å². The van der Waals surface area contributed by atoms with Gasteiger partial charge in [-0.05, 0) is 40.8 Å². The summed E-state index contributed by atoms with van der Waals surface area (Å²) in [5, 5.41) is -1.97. The Hall–Kier alpha value is -3.75. The molecule has 7 atom stereocenters. The Labute approximate surface area is 274 Å². The van der Waals surface area contributed by atoms with Crippen LogP contribution in [0.15, 0.2) is 89.8 Å². The number of hydrogen-bond donors (Lipinski definition) is 1. The molecule has 10 nitrogen and oxygen atoms in total. The van der Waals surface area contributed by atoms with E-state index in [9.17, 15) is 31.0 Å². The van der Waals surface area contributed by atoms with Crippen LogP contribution >= 0.6 is 11.8 Å². The third kappa shape index (κ3) is 4.23. The second-order valence-electron chi connectivity index (χ2n) is 12.8. The molecule has 4 bridgehead atoms. The van der Waals surface area contributed by atoms with Crippen molar-refractivity contribution in [3.05, 3.63) is 107 Å². The van der Waals surface area contributed by atoms with E-state index in [1.807, 2.05) is 24.3 Å². The number of sulfonamides is 1. The van der Waals surface area contributed by atoms with Crippen LogP contribution in [0.25, 0.3) is 10.8 Å². The second kappa shape index (κ2) is 10.1. The van der Waals surface area contributed by atoms with Crippen LogP contribution in [-0.4, -0.2) is 61.2 Å². The summed E-state index contributed by atoms with van der Waals surface area (Å²) in [5.74, 6) is -3.04. The minimum absolute atomic E-state index is 0.00483. The largest absolute Gasteiger partial charge is 0.744 e. The standard InChI is InChI=1S/C34H27NO9S3/c36-33(23-15-22-16-7-1-5-11-20(16)26(23)21-12-6-2-8-17(21)22)44-29-28-31-32(46(38,39)35-28)27(30(29)45-31)34(37)43-24-13-14-25(47(40,41)42)19-10-4-3-9-18(19)24/h1-14,22-23,26-32,35H,15H2,(H,40,41,42)/p-1. The van der Waals surface area contributed by atoms with E-state index in [0.717, 1.165) is 17.2 Å². The Kier molecular flexibility index (Phi) is 6.33. The van der Waals surface area contributed by atoms with Crippen LogP contribution in [0.2, 0.25) is 0 Å². The minimum atomic E-state index is -4.81. The number of fused-ring (bicyclic) bond motifs is 3. The first-order chi connectivity index (χ1) is 22.5. The van der Waals surface area contributed by atoms with Gasteiger partial charge in [0.05, 0.1) is 28.0 Å². The number of hydrogen-bond acceptors (Lipinski definition) is 10. The van der Waals surface area contributed by atoms with E-state index in [1.165, 1.54) is 41.1 Å². The third-order valence-electron chi connectivity index (χ3n) is 10.5. The molecule has 0 radical (unpaired) electrons. The molecule has 3 aliphatic carbocycles. The molecule has 3 saturated heterocycles. The molecule has 47 heavy (non-hydrogen) atoms. The van der Waals surface area contributed by atoms with Gasteiger partial charge in [-0.25, -0.2) is 21.6 Å². The van der Waals surface area contributed by atoms with Crippen LogP contribution in [0.1, 0.15) is 40.5 Å². The van der Waals surface area contributed by atoms with E-state index in [4.69, 9.17) is 9.47 Å². The van der Waals surface area contributed by atoms with Gasteiger partial charge in [0.1, 0.15) is 27.2 Å².